The number of aryl methyl sites for hydroxylation is 1. The van der Waals surface area contributed by atoms with Crippen LogP contribution in [0.15, 0.2) is 64.0 Å². The van der Waals surface area contributed by atoms with Gasteiger partial charge in [0.05, 0.1) is 16.1 Å². The largest absolute Gasteiger partial charge is 0.378 e. The van der Waals surface area contributed by atoms with Gasteiger partial charge in [-0.3, -0.25) is 9.89 Å². The first-order chi connectivity index (χ1) is 14.2. The van der Waals surface area contributed by atoms with Gasteiger partial charge in [0.25, 0.3) is 5.56 Å². The summed E-state index contributed by atoms with van der Waals surface area (Å²) in [5.41, 5.74) is 6.41. The predicted octanol–water partition coefficient (Wildman–Crippen LogP) is 2.44. The van der Waals surface area contributed by atoms with E-state index in [-0.39, 0.29) is 10.5 Å². The van der Waals surface area contributed by atoms with Crippen molar-refractivity contribution in [3.05, 3.63) is 81.4 Å². The standard InChI is InChI=1S/C21H22N4O4S/c1-15-20(6-4-5-16-7-9-17(10-8-16)24(2)3)21(26)25(23-15)18-11-13-19(14-12-18)30(27,28)29-22/h5-14,23H,22H2,1-3H3. The van der Waals surface area contributed by atoms with Gasteiger partial charge in [0.1, 0.15) is 0 Å². The second-order valence-electron chi connectivity index (χ2n) is 6.78. The number of anilines is 1. The normalized spacial score (nSPS) is 11.1. The molecule has 0 aliphatic heterocycles. The van der Waals surface area contributed by atoms with Crippen molar-refractivity contribution >= 4 is 28.0 Å². The highest BCUT2D eigenvalue weighted by atomic mass is 32.2. The molecule has 0 spiro atoms. The van der Waals surface area contributed by atoms with Gasteiger partial charge in [-0.05, 0) is 61.0 Å². The van der Waals surface area contributed by atoms with Crippen molar-refractivity contribution in [1.29, 1.82) is 0 Å². The maximum atomic E-state index is 12.8. The summed E-state index contributed by atoms with van der Waals surface area (Å²) in [6.07, 6.45) is 3.41. The first-order valence-electron chi connectivity index (χ1n) is 8.98. The molecule has 3 rings (SSSR count). The number of aromatic nitrogens is 2. The van der Waals surface area contributed by atoms with Crippen LogP contribution < -0.4 is 16.4 Å². The second-order valence-corrected chi connectivity index (χ2v) is 8.35. The van der Waals surface area contributed by atoms with Crippen LogP contribution >= 0.6 is 0 Å². The molecule has 0 fully saturated rings. The number of nitrogens with one attached hydrogen (secondary N) is 1. The highest BCUT2D eigenvalue weighted by Gasteiger charge is 2.15. The fourth-order valence-electron chi connectivity index (χ4n) is 2.82. The van der Waals surface area contributed by atoms with E-state index in [0.717, 1.165) is 11.3 Å². The van der Waals surface area contributed by atoms with Gasteiger partial charge in [0, 0.05) is 25.5 Å². The van der Waals surface area contributed by atoms with Crippen LogP contribution in [-0.2, 0) is 14.4 Å². The molecule has 9 heteroatoms. The van der Waals surface area contributed by atoms with Gasteiger partial charge >= 0.3 is 10.1 Å². The van der Waals surface area contributed by atoms with Gasteiger partial charge in [-0.1, -0.05) is 12.1 Å². The summed E-state index contributed by atoms with van der Waals surface area (Å²) in [4.78, 5) is 14.7. The van der Waals surface area contributed by atoms with E-state index in [9.17, 15) is 13.2 Å². The lowest BCUT2D eigenvalue weighted by Gasteiger charge is -2.11. The number of hydrogen-bond donors (Lipinski definition) is 2. The first kappa shape index (κ1) is 21.4. The minimum Gasteiger partial charge on any atom is -0.378 e. The second kappa shape index (κ2) is 8.56. The molecule has 0 aliphatic rings. The van der Waals surface area contributed by atoms with Gasteiger partial charge in [0.2, 0.25) is 0 Å². The van der Waals surface area contributed by atoms with Crippen LogP contribution in [0.4, 0.5) is 5.69 Å². The van der Waals surface area contributed by atoms with Crippen LogP contribution in [0.25, 0.3) is 17.8 Å². The van der Waals surface area contributed by atoms with E-state index in [0.29, 0.717) is 16.9 Å². The Balaban J connectivity index is 1.89. The van der Waals surface area contributed by atoms with Crippen molar-refractivity contribution in [2.75, 3.05) is 19.0 Å². The van der Waals surface area contributed by atoms with Crippen LogP contribution in [0.1, 0.15) is 16.8 Å². The third-order valence-corrected chi connectivity index (χ3v) is 5.62. The molecular formula is C21H22N4O4S. The molecule has 3 N–H and O–H groups in total. The lowest BCUT2D eigenvalue weighted by Crippen LogP contribution is -2.16. The Kier molecular flexibility index (Phi) is 6.09. The lowest BCUT2D eigenvalue weighted by molar-refractivity contribution is 0.333. The van der Waals surface area contributed by atoms with E-state index in [2.05, 4.69) is 15.1 Å². The molecular weight excluding hydrogens is 404 g/mol. The molecule has 8 nitrogen and oxygen atoms in total. The van der Waals surface area contributed by atoms with Gasteiger partial charge in [-0.2, -0.15) is 18.6 Å². The molecule has 0 unspecified atom stereocenters. The molecule has 156 valence electrons. The zero-order valence-corrected chi connectivity index (χ0v) is 17.6. The zero-order valence-electron chi connectivity index (χ0n) is 16.8. The Bertz CT molecular complexity index is 1260. The third kappa shape index (κ3) is 4.45. The Labute approximate surface area is 174 Å². The topological polar surface area (TPSA) is 110 Å². The molecule has 3 aromatic rings. The van der Waals surface area contributed by atoms with E-state index >= 15 is 0 Å². The lowest BCUT2D eigenvalue weighted by atomic mass is 10.2. The number of nitrogens with zero attached hydrogens (tertiary/aromatic N) is 2. The van der Waals surface area contributed by atoms with Crippen LogP contribution in [0, 0.1) is 6.92 Å². The van der Waals surface area contributed by atoms with Crippen molar-refractivity contribution in [3.63, 3.8) is 0 Å². The van der Waals surface area contributed by atoms with Crippen molar-refractivity contribution in [3.8, 4) is 5.69 Å². The average molecular weight is 426 g/mol. The number of H-pyrrole nitrogens is 1. The van der Waals surface area contributed by atoms with Gasteiger partial charge in [-0.25, -0.2) is 4.68 Å². The number of hydrogen-bond acceptors (Lipinski definition) is 6. The van der Waals surface area contributed by atoms with Crippen molar-refractivity contribution in [1.82, 2.24) is 9.78 Å². The van der Waals surface area contributed by atoms with Crippen LogP contribution in [0.2, 0.25) is 0 Å². The molecule has 0 bridgehead atoms. The van der Waals surface area contributed by atoms with E-state index in [1.807, 2.05) is 43.3 Å². The quantitative estimate of drug-likeness (QED) is 0.463. The highest BCUT2D eigenvalue weighted by molar-refractivity contribution is 7.86. The summed E-state index contributed by atoms with van der Waals surface area (Å²) in [6.45, 7) is 1.78. The molecule has 1 aromatic heterocycles. The maximum absolute atomic E-state index is 12.8. The molecule has 0 atom stereocenters. The summed E-state index contributed by atoms with van der Waals surface area (Å²) < 4.78 is 28.6. The van der Waals surface area contributed by atoms with Gasteiger partial charge in [-0.15, -0.1) is 5.73 Å². The Morgan fingerprint density at radius 1 is 1.07 bits per heavy atom. The van der Waals surface area contributed by atoms with Crippen LogP contribution in [0.3, 0.4) is 0 Å². The van der Waals surface area contributed by atoms with E-state index < -0.39 is 10.1 Å². The monoisotopic (exact) mass is 426 g/mol. The number of rotatable bonds is 6. The Morgan fingerprint density at radius 2 is 1.70 bits per heavy atom. The minimum absolute atomic E-state index is 0.103. The molecule has 30 heavy (non-hydrogen) atoms. The van der Waals surface area contributed by atoms with Crippen LogP contribution in [0.5, 0.6) is 0 Å². The van der Waals surface area contributed by atoms with Gasteiger partial charge in [0.15, 0.2) is 0 Å². The SMILES string of the molecule is Cc1[nH]n(-c2ccc(S(=O)(=O)ON)cc2)c(=O)c1C=C=Cc1ccc(N(C)C)cc1. The maximum Gasteiger partial charge on any atom is 0.312 e. The fourth-order valence-corrected chi connectivity index (χ4v) is 3.40. The molecule has 0 radical (unpaired) electrons. The van der Waals surface area contributed by atoms with Crippen molar-refractivity contribution < 1.29 is 12.7 Å². The first-order valence-corrected chi connectivity index (χ1v) is 10.4. The minimum atomic E-state index is -4.00. The summed E-state index contributed by atoms with van der Waals surface area (Å²) in [6, 6.07) is 13.5. The Hall–Kier alpha value is -3.36. The van der Waals surface area contributed by atoms with E-state index in [4.69, 9.17) is 5.90 Å². The average Bonchev–Trinajstić information content (AvgIpc) is 3.02. The fraction of sp³-hybridized carbons (Fsp3) is 0.143. The molecule has 0 aliphatic carbocycles. The Morgan fingerprint density at radius 3 is 2.27 bits per heavy atom. The van der Waals surface area contributed by atoms with E-state index in [1.165, 1.54) is 28.9 Å². The van der Waals surface area contributed by atoms with Crippen molar-refractivity contribution in [2.45, 2.75) is 11.8 Å². The summed E-state index contributed by atoms with van der Waals surface area (Å²) >= 11 is 0. The molecule has 1 heterocycles. The van der Waals surface area contributed by atoms with Gasteiger partial charge < -0.3 is 4.90 Å². The molecule has 0 amide bonds. The van der Waals surface area contributed by atoms with Crippen LogP contribution in [-0.4, -0.2) is 32.3 Å². The predicted molar refractivity (Wildman–Crippen MR) is 117 cm³/mol. The summed E-state index contributed by atoms with van der Waals surface area (Å²) in [7, 11) is -0.0487. The highest BCUT2D eigenvalue weighted by Crippen LogP contribution is 2.15. The number of nitrogens with two attached hydrogens (primary N) is 1. The molecule has 0 saturated carbocycles. The van der Waals surface area contributed by atoms with Crippen molar-refractivity contribution in [2.24, 2.45) is 5.90 Å². The third-order valence-electron chi connectivity index (χ3n) is 4.51. The number of aromatic amines is 1. The molecule has 2 aromatic carbocycles. The summed E-state index contributed by atoms with van der Waals surface area (Å²) in [5, 5.41) is 2.98. The molecule has 0 saturated heterocycles. The zero-order chi connectivity index (χ0) is 21.9. The summed E-state index contributed by atoms with van der Waals surface area (Å²) in [5.74, 6) is 4.78. The van der Waals surface area contributed by atoms with E-state index in [1.54, 1.807) is 19.1 Å². The number of benzene rings is 2. The smallest absolute Gasteiger partial charge is 0.312 e.